The zero-order valence-electron chi connectivity index (χ0n) is 12.3. The van der Waals surface area contributed by atoms with Crippen molar-refractivity contribution in [3.8, 4) is 10.8 Å². The Morgan fingerprint density at radius 2 is 2.14 bits per heavy atom. The maximum atomic E-state index is 6.19. The molecule has 2 N–H and O–H groups in total. The van der Waals surface area contributed by atoms with Crippen molar-refractivity contribution >= 4 is 11.3 Å². The minimum absolute atomic E-state index is 0.234. The van der Waals surface area contributed by atoms with E-state index in [1.807, 2.05) is 0 Å². The summed E-state index contributed by atoms with van der Waals surface area (Å²) in [7, 11) is 0. The number of hydrogen-bond acceptors (Lipinski definition) is 7. The second kappa shape index (κ2) is 6.23. The molecule has 1 atom stereocenters. The minimum Gasteiger partial charge on any atom is -0.379 e. The van der Waals surface area contributed by atoms with Crippen molar-refractivity contribution in [3.05, 3.63) is 22.3 Å². The van der Waals surface area contributed by atoms with Gasteiger partial charge in [0, 0.05) is 24.5 Å². The molecule has 2 aromatic rings. The molecule has 1 unspecified atom stereocenters. The molecule has 21 heavy (non-hydrogen) atoms. The van der Waals surface area contributed by atoms with Crippen LogP contribution in [0.2, 0.25) is 0 Å². The number of ether oxygens (including phenoxy) is 1. The van der Waals surface area contributed by atoms with Crippen LogP contribution in [0.1, 0.15) is 22.3 Å². The summed E-state index contributed by atoms with van der Waals surface area (Å²) in [5, 5.41) is 4.03. The molecule has 0 bridgehead atoms. The SMILES string of the molecule is Cc1cc(-c2nc(C(N)CN3CCOCC3)no2)sc1C. The highest BCUT2D eigenvalue weighted by Crippen LogP contribution is 2.29. The van der Waals surface area contributed by atoms with Crippen molar-refractivity contribution in [1.29, 1.82) is 0 Å². The first-order chi connectivity index (χ1) is 10.1. The molecule has 0 spiro atoms. The Morgan fingerprint density at radius 3 is 2.81 bits per heavy atom. The van der Waals surface area contributed by atoms with Crippen molar-refractivity contribution in [1.82, 2.24) is 15.0 Å². The Bertz CT molecular complexity index is 584. The topological polar surface area (TPSA) is 77.4 Å². The Morgan fingerprint density at radius 1 is 1.38 bits per heavy atom. The van der Waals surface area contributed by atoms with Crippen LogP contribution < -0.4 is 5.73 Å². The molecule has 1 aliphatic heterocycles. The molecular weight excluding hydrogens is 288 g/mol. The third-order valence-corrected chi connectivity index (χ3v) is 4.85. The second-order valence-electron chi connectivity index (χ2n) is 5.33. The molecule has 3 rings (SSSR count). The van der Waals surface area contributed by atoms with Gasteiger partial charge in [0.25, 0.3) is 5.89 Å². The lowest BCUT2D eigenvalue weighted by molar-refractivity contribution is 0.0348. The van der Waals surface area contributed by atoms with E-state index >= 15 is 0 Å². The molecule has 0 radical (unpaired) electrons. The second-order valence-corrected chi connectivity index (χ2v) is 6.58. The predicted molar refractivity (Wildman–Crippen MR) is 81.3 cm³/mol. The maximum absolute atomic E-state index is 6.19. The van der Waals surface area contributed by atoms with Gasteiger partial charge in [-0.25, -0.2) is 0 Å². The first-order valence-electron chi connectivity index (χ1n) is 7.10. The largest absolute Gasteiger partial charge is 0.379 e. The third kappa shape index (κ3) is 3.32. The van der Waals surface area contributed by atoms with Gasteiger partial charge in [0.05, 0.1) is 24.1 Å². The fourth-order valence-electron chi connectivity index (χ4n) is 2.31. The fraction of sp³-hybridized carbons (Fsp3) is 0.571. The number of nitrogens with zero attached hydrogens (tertiary/aromatic N) is 3. The smallest absolute Gasteiger partial charge is 0.268 e. The molecule has 0 aromatic carbocycles. The number of thiophene rings is 1. The molecule has 2 aromatic heterocycles. The highest BCUT2D eigenvalue weighted by molar-refractivity contribution is 7.15. The number of morpholine rings is 1. The van der Waals surface area contributed by atoms with Crippen LogP contribution >= 0.6 is 11.3 Å². The summed E-state index contributed by atoms with van der Waals surface area (Å²) < 4.78 is 10.7. The molecular formula is C14H20N4O2S. The number of aryl methyl sites for hydroxylation is 2. The average Bonchev–Trinajstić information content (AvgIpc) is 3.08. The fourth-order valence-corrected chi connectivity index (χ4v) is 3.26. The molecule has 7 heteroatoms. The number of nitrogens with two attached hydrogens (primary N) is 1. The number of rotatable bonds is 4. The normalized spacial score (nSPS) is 18.0. The van der Waals surface area contributed by atoms with Crippen LogP contribution in [0.25, 0.3) is 10.8 Å². The Hall–Kier alpha value is -1.28. The van der Waals surface area contributed by atoms with Gasteiger partial charge in [0.15, 0.2) is 5.82 Å². The molecule has 0 saturated carbocycles. The van der Waals surface area contributed by atoms with Crippen molar-refractivity contribution < 1.29 is 9.26 Å². The molecule has 0 aliphatic carbocycles. The van der Waals surface area contributed by atoms with Crippen LogP contribution in [0.4, 0.5) is 0 Å². The molecule has 0 amide bonds. The van der Waals surface area contributed by atoms with Gasteiger partial charge < -0.3 is 15.0 Å². The lowest BCUT2D eigenvalue weighted by Crippen LogP contribution is -2.40. The summed E-state index contributed by atoms with van der Waals surface area (Å²) in [6, 6.07) is 1.84. The van der Waals surface area contributed by atoms with Crippen molar-refractivity contribution in [2.75, 3.05) is 32.8 Å². The van der Waals surface area contributed by atoms with Gasteiger partial charge in [-0.05, 0) is 25.5 Å². The molecule has 114 valence electrons. The molecule has 3 heterocycles. The maximum Gasteiger partial charge on any atom is 0.268 e. The summed E-state index contributed by atoms with van der Waals surface area (Å²) in [6.45, 7) is 8.23. The number of aromatic nitrogens is 2. The molecule has 1 aliphatic rings. The lowest BCUT2D eigenvalue weighted by atomic mass is 10.2. The van der Waals surface area contributed by atoms with Gasteiger partial charge in [0.2, 0.25) is 0 Å². The Kier molecular flexibility index (Phi) is 4.34. The highest BCUT2D eigenvalue weighted by Gasteiger charge is 2.20. The van der Waals surface area contributed by atoms with Crippen LogP contribution in [0.3, 0.4) is 0 Å². The summed E-state index contributed by atoms with van der Waals surface area (Å²) in [5.74, 6) is 1.13. The summed E-state index contributed by atoms with van der Waals surface area (Å²) in [6.07, 6.45) is 0. The van der Waals surface area contributed by atoms with E-state index in [1.54, 1.807) is 11.3 Å². The van der Waals surface area contributed by atoms with Crippen LogP contribution in [0, 0.1) is 13.8 Å². The van der Waals surface area contributed by atoms with Gasteiger partial charge in [-0.3, -0.25) is 4.90 Å². The van der Waals surface area contributed by atoms with E-state index < -0.39 is 0 Å². The Labute approximate surface area is 127 Å². The Balaban J connectivity index is 1.68. The van der Waals surface area contributed by atoms with Gasteiger partial charge >= 0.3 is 0 Å². The van der Waals surface area contributed by atoms with Crippen LogP contribution in [-0.2, 0) is 4.74 Å². The van der Waals surface area contributed by atoms with Gasteiger partial charge in [-0.2, -0.15) is 4.98 Å². The van der Waals surface area contributed by atoms with Gasteiger partial charge in [-0.15, -0.1) is 11.3 Å². The highest BCUT2D eigenvalue weighted by atomic mass is 32.1. The zero-order chi connectivity index (χ0) is 14.8. The van der Waals surface area contributed by atoms with E-state index in [2.05, 4.69) is 35.0 Å². The summed E-state index contributed by atoms with van der Waals surface area (Å²) in [4.78, 5) is 8.99. The molecule has 1 fully saturated rings. The first kappa shape index (κ1) is 14.6. The van der Waals surface area contributed by atoms with Gasteiger partial charge in [0.1, 0.15) is 0 Å². The molecule has 6 nitrogen and oxygen atoms in total. The van der Waals surface area contributed by atoms with E-state index in [0.29, 0.717) is 11.7 Å². The third-order valence-electron chi connectivity index (χ3n) is 3.71. The zero-order valence-corrected chi connectivity index (χ0v) is 13.2. The summed E-state index contributed by atoms with van der Waals surface area (Å²) in [5.41, 5.74) is 7.43. The van der Waals surface area contributed by atoms with Crippen molar-refractivity contribution in [2.24, 2.45) is 5.73 Å². The van der Waals surface area contributed by atoms with E-state index in [0.717, 1.165) is 37.7 Å². The van der Waals surface area contributed by atoms with Crippen molar-refractivity contribution in [3.63, 3.8) is 0 Å². The number of hydrogen-bond donors (Lipinski definition) is 1. The summed E-state index contributed by atoms with van der Waals surface area (Å²) >= 11 is 1.66. The lowest BCUT2D eigenvalue weighted by Gasteiger charge is -2.27. The van der Waals surface area contributed by atoms with E-state index in [4.69, 9.17) is 15.0 Å². The van der Waals surface area contributed by atoms with E-state index in [-0.39, 0.29) is 6.04 Å². The van der Waals surface area contributed by atoms with Gasteiger partial charge in [-0.1, -0.05) is 5.16 Å². The molecule has 1 saturated heterocycles. The monoisotopic (exact) mass is 308 g/mol. The van der Waals surface area contributed by atoms with E-state index in [9.17, 15) is 0 Å². The predicted octanol–water partition coefficient (Wildman–Crippen LogP) is 1.75. The quantitative estimate of drug-likeness (QED) is 0.927. The van der Waals surface area contributed by atoms with Crippen molar-refractivity contribution in [2.45, 2.75) is 19.9 Å². The minimum atomic E-state index is -0.234. The first-order valence-corrected chi connectivity index (χ1v) is 7.92. The average molecular weight is 308 g/mol. The van der Waals surface area contributed by atoms with Crippen LogP contribution in [-0.4, -0.2) is 47.9 Å². The van der Waals surface area contributed by atoms with Crippen LogP contribution in [0.5, 0.6) is 0 Å². The van der Waals surface area contributed by atoms with E-state index in [1.165, 1.54) is 10.4 Å². The standard InChI is InChI=1S/C14H20N4O2S/c1-9-7-12(21-10(9)2)14-16-13(17-20-14)11(15)8-18-3-5-19-6-4-18/h7,11H,3-6,8,15H2,1-2H3. The van der Waals surface area contributed by atoms with Crippen LogP contribution in [0.15, 0.2) is 10.6 Å².